The summed E-state index contributed by atoms with van der Waals surface area (Å²) in [7, 11) is 0. The van der Waals surface area contributed by atoms with Crippen LogP contribution in [0.1, 0.15) is 31.7 Å². The van der Waals surface area contributed by atoms with Crippen LogP contribution in [0.25, 0.3) is 0 Å². The molecule has 1 unspecified atom stereocenters. The molecule has 0 spiro atoms. The minimum Gasteiger partial charge on any atom is -0.371 e. The highest BCUT2D eigenvalue weighted by Crippen LogP contribution is 2.26. The highest BCUT2D eigenvalue weighted by atomic mass is 35.5. The smallest absolute Gasteiger partial charge is 0.0494 e. The van der Waals surface area contributed by atoms with E-state index in [1.807, 2.05) is 0 Å². The summed E-state index contributed by atoms with van der Waals surface area (Å²) >= 11 is 5.99. The summed E-state index contributed by atoms with van der Waals surface area (Å²) in [6.07, 6.45) is 3.97. The van der Waals surface area contributed by atoms with E-state index < -0.39 is 0 Å². The van der Waals surface area contributed by atoms with Gasteiger partial charge in [0.15, 0.2) is 0 Å². The summed E-state index contributed by atoms with van der Waals surface area (Å²) in [5, 5.41) is 0. The average Bonchev–Trinajstić information content (AvgIpc) is 2.54. The molecule has 0 radical (unpaired) electrons. The number of para-hydroxylation sites is 1. The maximum atomic E-state index is 5.99. The summed E-state index contributed by atoms with van der Waals surface area (Å²) in [6, 6.07) is 8.52. The molecule has 0 aromatic heterocycles. The van der Waals surface area contributed by atoms with E-state index in [0.29, 0.717) is 5.88 Å². The van der Waals surface area contributed by atoms with E-state index >= 15 is 0 Å². The Bertz CT molecular complexity index is 337. The van der Waals surface area contributed by atoms with E-state index in [1.54, 1.807) is 0 Å². The lowest BCUT2D eigenvalue weighted by Crippen LogP contribution is -2.25. The predicted octanol–water partition coefficient (Wildman–Crippen LogP) is 4.05. The zero-order valence-electron chi connectivity index (χ0n) is 9.95. The highest BCUT2D eigenvalue weighted by Gasteiger charge is 2.15. The minimum atomic E-state index is 0.613. The molecule has 1 aliphatic heterocycles. The number of benzene rings is 1. The molecule has 1 aromatic carbocycles. The van der Waals surface area contributed by atoms with Crippen LogP contribution < -0.4 is 4.90 Å². The maximum absolute atomic E-state index is 5.99. The van der Waals surface area contributed by atoms with E-state index in [2.05, 4.69) is 36.1 Å². The maximum Gasteiger partial charge on any atom is 0.0494 e. The zero-order valence-corrected chi connectivity index (χ0v) is 10.7. The topological polar surface area (TPSA) is 3.24 Å². The first-order chi connectivity index (χ1) is 7.81. The van der Waals surface area contributed by atoms with Gasteiger partial charge in [0.05, 0.1) is 0 Å². The Morgan fingerprint density at radius 2 is 2.06 bits per heavy atom. The quantitative estimate of drug-likeness (QED) is 0.702. The number of rotatable bonds is 2. The van der Waals surface area contributed by atoms with Gasteiger partial charge in [0.25, 0.3) is 0 Å². The Morgan fingerprint density at radius 3 is 2.88 bits per heavy atom. The molecule has 2 heteroatoms. The molecular formula is C14H20ClN. The highest BCUT2D eigenvalue weighted by molar-refractivity contribution is 6.17. The molecular weight excluding hydrogens is 218 g/mol. The first-order valence-electron chi connectivity index (χ1n) is 6.20. The summed E-state index contributed by atoms with van der Waals surface area (Å²) in [5.41, 5.74) is 2.60. The molecule has 16 heavy (non-hydrogen) atoms. The largest absolute Gasteiger partial charge is 0.371 e. The van der Waals surface area contributed by atoms with Gasteiger partial charge in [-0.2, -0.15) is 0 Å². The summed E-state index contributed by atoms with van der Waals surface area (Å²) in [4.78, 5) is 2.50. The standard InChI is InChI=1S/C14H20ClN/c1-12-5-4-9-16(10-8-12)14-7-3-2-6-13(14)11-15/h2-3,6-7,12H,4-5,8-11H2,1H3. The van der Waals surface area contributed by atoms with Crippen LogP contribution in [0.3, 0.4) is 0 Å². The third kappa shape index (κ3) is 2.70. The van der Waals surface area contributed by atoms with Crippen LogP contribution in [0, 0.1) is 5.92 Å². The van der Waals surface area contributed by atoms with Gasteiger partial charge in [-0.3, -0.25) is 0 Å². The van der Waals surface area contributed by atoms with Crippen molar-refractivity contribution in [1.29, 1.82) is 0 Å². The predicted molar refractivity (Wildman–Crippen MR) is 71.2 cm³/mol. The van der Waals surface area contributed by atoms with Crippen molar-refractivity contribution in [3.05, 3.63) is 29.8 Å². The molecule has 1 saturated heterocycles. The second-order valence-electron chi connectivity index (χ2n) is 4.79. The minimum absolute atomic E-state index is 0.613. The molecule has 0 bridgehead atoms. The van der Waals surface area contributed by atoms with Gasteiger partial charge < -0.3 is 4.90 Å². The molecule has 1 aliphatic rings. The van der Waals surface area contributed by atoms with Crippen molar-refractivity contribution in [2.75, 3.05) is 18.0 Å². The van der Waals surface area contributed by atoms with Gasteiger partial charge in [0.2, 0.25) is 0 Å². The van der Waals surface area contributed by atoms with E-state index in [9.17, 15) is 0 Å². The van der Waals surface area contributed by atoms with Crippen LogP contribution in [0.5, 0.6) is 0 Å². The fourth-order valence-corrected chi connectivity index (χ4v) is 2.66. The SMILES string of the molecule is CC1CCCN(c2ccccc2CCl)CC1. The van der Waals surface area contributed by atoms with Crippen LogP contribution in [-0.4, -0.2) is 13.1 Å². The molecule has 0 aliphatic carbocycles. The Hall–Kier alpha value is -0.690. The Kier molecular flexibility index (Phi) is 4.11. The third-order valence-electron chi connectivity index (χ3n) is 3.49. The zero-order chi connectivity index (χ0) is 11.4. The monoisotopic (exact) mass is 237 g/mol. The molecule has 0 N–H and O–H groups in total. The van der Waals surface area contributed by atoms with Gasteiger partial charge in [0.1, 0.15) is 0 Å². The fraction of sp³-hybridized carbons (Fsp3) is 0.571. The molecule has 0 saturated carbocycles. The Labute approximate surface area is 103 Å². The number of anilines is 1. The molecule has 1 fully saturated rings. The Balaban J connectivity index is 2.16. The fourth-order valence-electron chi connectivity index (χ4n) is 2.44. The third-order valence-corrected chi connectivity index (χ3v) is 3.78. The lowest BCUT2D eigenvalue weighted by Gasteiger charge is -2.25. The van der Waals surface area contributed by atoms with Gasteiger partial charge in [-0.1, -0.05) is 25.1 Å². The lowest BCUT2D eigenvalue weighted by atomic mass is 10.0. The van der Waals surface area contributed by atoms with E-state index in [1.165, 1.54) is 43.6 Å². The number of alkyl halides is 1. The summed E-state index contributed by atoms with van der Waals surface area (Å²) < 4.78 is 0. The van der Waals surface area contributed by atoms with Gasteiger partial charge in [0, 0.05) is 24.7 Å². The van der Waals surface area contributed by atoms with Crippen molar-refractivity contribution in [2.24, 2.45) is 5.92 Å². The summed E-state index contributed by atoms with van der Waals surface area (Å²) in [6.45, 7) is 4.71. The van der Waals surface area contributed by atoms with Crippen molar-refractivity contribution in [2.45, 2.75) is 32.1 Å². The molecule has 1 atom stereocenters. The number of halogens is 1. The first-order valence-corrected chi connectivity index (χ1v) is 6.73. The number of hydrogen-bond acceptors (Lipinski definition) is 1. The van der Waals surface area contributed by atoms with Crippen molar-refractivity contribution >= 4 is 17.3 Å². The van der Waals surface area contributed by atoms with Crippen molar-refractivity contribution < 1.29 is 0 Å². The second kappa shape index (κ2) is 5.58. The van der Waals surface area contributed by atoms with E-state index in [0.717, 1.165) is 5.92 Å². The van der Waals surface area contributed by atoms with Gasteiger partial charge in [-0.25, -0.2) is 0 Å². The molecule has 0 amide bonds. The average molecular weight is 238 g/mol. The molecule has 1 aromatic rings. The van der Waals surface area contributed by atoms with Crippen LogP contribution in [0.2, 0.25) is 0 Å². The van der Waals surface area contributed by atoms with Crippen LogP contribution in [0.4, 0.5) is 5.69 Å². The van der Waals surface area contributed by atoms with Crippen molar-refractivity contribution in [1.82, 2.24) is 0 Å². The van der Waals surface area contributed by atoms with Crippen molar-refractivity contribution in [3.8, 4) is 0 Å². The molecule has 2 rings (SSSR count). The lowest BCUT2D eigenvalue weighted by molar-refractivity contribution is 0.521. The summed E-state index contributed by atoms with van der Waals surface area (Å²) in [5.74, 6) is 1.48. The number of nitrogens with zero attached hydrogens (tertiary/aromatic N) is 1. The normalized spacial score (nSPS) is 21.9. The van der Waals surface area contributed by atoms with Crippen LogP contribution >= 0.6 is 11.6 Å². The van der Waals surface area contributed by atoms with Crippen LogP contribution in [0.15, 0.2) is 24.3 Å². The van der Waals surface area contributed by atoms with E-state index in [4.69, 9.17) is 11.6 Å². The van der Waals surface area contributed by atoms with Crippen molar-refractivity contribution in [3.63, 3.8) is 0 Å². The number of hydrogen-bond donors (Lipinski definition) is 0. The Morgan fingerprint density at radius 1 is 1.25 bits per heavy atom. The van der Waals surface area contributed by atoms with E-state index in [-0.39, 0.29) is 0 Å². The molecule has 1 nitrogen and oxygen atoms in total. The molecule has 1 heterocycles. The first kappa shape index (κ1) is 11.8. The second-order valence-corrected chi connectivity index (χ2v) is 5.05. The van der Waals surface area contributed by atoms with Crippen LogP contribution in [-0.2, 0) is 5.88 Å². The van der Waals surface area contributed by atoms with Gasteiger partial charge in [-0.15, -0.1) is 11.6 Å². The van der Waals surface area contributed by atoms with Gasteiger partial charge in [-0.05, 0) is 36.8 Å². The molecule has 88 valence electrons. The van der Waals surface area contributed by atoms with Gasteiger partial charge >= 0.3 is 0 Å².